The van der Waals surface area contributed by atoms with Gasteiger partial charge < -0.3 is 24.6 Å². The number of carboxylic acid groups (broad SMARTS) is 1. The number of benzene rings is 1. The Morgan fingerprint density at radius 2 is 1.86 bits per heavy atom. The molecule has 0 fully saturated rings. The largest absolute Gasteiger partial charge is 0.573 e. The second-order valence-corrected chi connectivity index (χ2v) is 7.61. The van der Waals surface area contributed by atoms with Gasteiger partial charge in [-0.3, -0.25) is 5.73 Å². The van der Waals surface area contributed by atoms with Crippen molar-refractivity contribution < 1.29 is 45.7 Å². The maximum absolute atomic E-state index is 12.9. The number of dihydropyridines is 1. The minimum Gasteiger partial charge on any atom is -0.478 e. The molecule has 1 aliphatic heterocycles. The molecule has 1 aromatic rings. The second-order valence-electron chi connectivity index (χ2n) is 5.69. The van der Waals surface area contributed by atoms with Crippen LogP contribution < -0.4 is 15.8 Å². The smallest absolute Gasteiger partial charge is 0.478 e. The van der Waals surface area contributed by atoms with Crippen molar-refractivity contribution in [2.45, 2.75) is 16.9 Å². The molecule has 1 atom stereocenters. The zero-order valence-electron chi connectivity index (χ0n) is 14.9. The molecule has 13 heteroatoms. The van der Waals surface area contributed by atoms with E-state index in [1.807, 2.05) is 0 Å². The van der Waals surface area contributed by atoms with Crippen molar-refractivity contribution in [2.75, 3.05) is 20.3 Å². The van der Waals surface area contributed by atoms with Gasteiger partial charge in [-0.05, 0) is 36.4 Å². The molecule has 0 radical (unpaired) electrons. The van der Waals surface area contributed by atoms with Crippen molar-refractivity contribution in [3.8, 4) is 5.75 Å². The molecule has 160 valence electrons. The van der Waals surface area contributed by atoms with E-state index in [4.69, 9.17) is 15.2 Å². The van der Waals surface area contributed by atoms with Crippen LogP contribution in [-0.2, 0) is 24.1 Å². The maximum atomic E-state index is 12.9. The van der Waals surface area contributed by atoms with Crippen molar-refractivity contribution in [2.24, 2.45) is 5.73 Å². The quantitative estimate of drug-likeness (QED) is 0.509. The first kappa shape index (κ1) is 22.5. The van der Waals surface area contributed by atoms with Crippen LogP contribution in [0.3, 0.4) is 0 Å². The van der Waals surface area contributed by atoms with Crippen LogP contribution in [-0.4, -0.2) is 51.8 Å². The van der Waals surface area contributed by atoms with Crippen LogP contribution in [0.4, 0.5) is 13.2 Å². The van der Waals surface area contributed by atoms with Crippen molar-refractivity contribution in [1.29, 1.82) is 0 Å². The summed E-state index contributed by atoms with van der Waals surface area (Å²) in [7, 11) is -2.93. The lowest BCUT2D eigenvalue weighted by atomic mass is 10.1. The topological polar surface area (TPSA) is 137 Å². The van der Waals surface area contributed by atoms with Crippen LogP contribution in [0, 0.1) is 0 Å². The zero-order valence-corrected chi connectivity index (χ0v) is 15.7. The first-order valence-corrected chi connectivity index (χ1v) is 9.34. The van der Waals surface area contributed by atoms with Gasteiger partial charge in [-0.2, -0.15) is 0 Å². The number of nitrogens with one attached hydrogen (secondary N) is 1. The highest BCUT2D eigenvalue weighted by Crippen LogP contribution is 2.29. The Morgan fingerprint density at radius 3 is 2.38 bits per heavy atom. The molecule has 1 unspecified atom stereocenters. The summed E-state index contributed by atoms with van der Waals surface area (Å²) in [6.07, 6.45) is -3.07. The second kappa shape index (κ2) is 8.31. The molecular weight excluding hydrogens is 421 g/mol. The van der Waals surface area contributed by atoms with Gasteiger partial charge in [0, 0.05) is 7.11 Å². The molecule has 1 aliphatic rings. The summed E-state index contributed by atoms with van der Waals surface area (Å²) in [5, 5.41) is 11.5. The van der Waals surface area contributed by atoms with E-state index >= 15 is 0 Å². The number of allylic oxidation sites excluding steroid dienone is 1. The molecule has 1 aromatic carbocycles. The fraction of sp³-hybridized carbons (Fsp3) is 0.312. The molecule has 0 saturated heterocycles. The molecule has 0 bridgehead atoms. The molecule has 29 heavy (non-hydrogen) atoms. The number of hydrogen-bond acceptors (Lipinski definition) is 8. The Bertz CT molecular complexity index is 927. The van der Waals surface area contributed by atoms with E-state index in [0.717, 1.165) is 36.4 Å². The van der Waals surface area contributed by atoms with E-state index in [1.165, 1.54) is 7.11 Å². The summed E-state index contributed by atoms with van der Waals surface area (Å²) < 4.78 is 76.3. The molecule has 0 saturated carbocycles. The molecule has 0 spiro atoms. The number of aliphatic carboxylic acids is 1. The summed E-state index contributed by atoms with van der Waals surface area (Å²) in [5.41, 5.74) is 3.54. The van der Waals surface area contributed by atoms with E-state index in [9.17, 15) is 31.5 Å². The van der Waals surface area contributed by atoms with E-state index in [1.54, 1.807) is 0 Å². The Labute approximate surface area is 163 Å². The summed E-state index contributed by atoms with van der Waals surface area (Å²) in [5.74, 6) is -2.54. The maximum Gasteiger partial charge on any atom is 0.573 e. The number of ether oxygens (including phenoxy) is 3. The average Bonchev–Trinajstić information content (AvgIpc) is 2.61. The molecule has 9 nitrogen and oxygen atoms in total. The van der Waals surface area contributed by atoms with Crippen LogP contribution in [0.25, 0.3) is 0 Å². The average molecular weight is 438 g/mol. The lowest BCUT2D eigenvalue weighted by Gasteiger charge is -2.29. The third kappa shape index (κ3) is 5.40. The van der Waals surface area contributed by atoms with Crippen LogP contribution in [0.2, 0.25) is 0 Å². The number of halogens is 3. The predicted octanol–water partition coefficient (Wildman–Crippen LogP) is 1.09. The number of carboxylic acids is 1. The van der Waals surface area contributed by atoms with Gasteiger partial charge in [0.05, 0.1) is 11.5 Å². The minimum atomic E-state index is -4.93. The normalized spacial score (nSPS) is 19.6. The van der Waals surface area contributed by atoms with Gasteiger partial charge in [-0.1, -0.05) is 0 Å². The van der Waals surface area contributed by atoms with E-state index in [0.29, 0.717) is 0 Å². The number of rotatable bonds is 8. The molecular formula is C16H17F3N2O7S. The number of alkyl halides is 3. The predicted molar refractivity (Wildman–Crippen MR) is 92.0 cm³/mol. The van der Waals surface area contributed by atoms with Gasteiger partial charge in [0.1, 0.15) is 17.3 Å². The van der Waals surface area contributed by atoms with Gasteiger partial charge in [0.25, 0.3) is 0 Å². The molecule has 0 aromatic heterocycles. The molecule has 2 rings (SSSR count). The van der Waals surface area contributed by atoms with E-state index < -0.39 is 44.4 Å². The van der Waals surface area contributed by atoms with Gasteiger partial charge >= 0.3 is 12.3 Å². The SMILES string of the molecule is COCCOC1=C(S(=O)(=O)c2ccc(OC(F)(F)F)cc2)C=CC(N)(C(=O)O)N1. The Hall–Kier alpha value is -2.77. The number of nitrogens with two attached hydrogens (primary N) is 1. The lowest BCUT2D eigenvalue weighted by molar-refractivity contribution is -0.274. The summed E-state index contributed by atoms with van der Waals surface area (Å²) in [6, 6.07) is 3.48. The highest BCUT2D eigenvalue weighted by Gasteiger charge is 2.39. The Kier molecular flexibility index (Phi) is 6.45. The van der Waals surface area contributed by atoms with Crippen LogP contribution in [0.15, 0.2) is 52.1 Å². The van der Waals surface area contributed by atoms with Crippen molar-refractivity contribution in [1.82, 2.24) is 5.32 Å². The highest BCUT2D eigenvalue weighted by molar-refractivity contribution is 7.95. The third-order valence-corrected chi connectivity index (χ3v) is 5.38. The van der Waals surface area contributed by atoms with Gasteiger partial charge in [-0.25, -0.2) is 13.2 Å². The van der Waals surface area contributed by atoms with Crippen LogP contribution in [0.5, 0.6) is 5.75 Å². The molecule has 1 heterocycles. The standard InChI is InChI=1S/C16H17F3N2O7S/c1-26-8-9-27-13-12(6-7-15(20,21-13)14(22)23)29(24,25)11-4-2-10(3-5-11)28-16(17,18)19/h2-7,21H,8-9,20H2,1H3,(H,22,23). The van der Waals surface area contributed by atoms with E-state index in [2.05, 4.69) is 10.1 Å². The zero-order chi connectivity index (χ0) is 21.9. The van der Waals surface area contributed by atoms with Crippen molar-refractivity contribution in [3.05, 3.63) is 47.2 Å². The first-order chi connectivity index (χ1) is 13.4. The molecule has 4 N–H and O–H groups in total. The number of methoxy groups -OCH3 is 1. The number of hydrogen-bond donors (Lipinski definition) is 3. The first-order valence-electron chi connectivity index (χ1n) is 7.85. The lowest BCUT2D eigenvalue weighted by Crippen LogP contribution is -2.59. The molecule has 0 aliphatic carbocycles. The number of sulfone groups is 1. The fourth-order valence-electron chi connectivity index (χ4n) is 2.19. The minimum absolute atomic E-state index is 0.0658. The monoisotopic (exact) mass is 438 g/mol. The van der Waals surface area contributed by atoms with Gasteiger partial charge in [0.15, 0.2) is 0 Å². The van der Waals surface area contributed by atoms with Crippen LogP contribution in [0.1, 0.15) is 0 Å². The highest BCUT2D eigenvalue weighted by atomic mass is 32.2. The van der Waals surface area contributed by atoms with Gasteiger partial charge in [-0.15, -0.1) is 13.2 Å². The summed E-state index contributed by atoms with van der Waals surface area (Å²) in [6.45, 7) is -0.0594. The van der Waals surface area contributed by atoms with Gasteiger partial charge in [0.2, 0.25) is 21.4 Å². The summed E-state index contributed by atoms with van der Waals surface area (Å²) in [4.78, 5) is 10.5. The fourth-order valence-corrected chi connectivity index (χ4v) is 3.54. The van der Waals surface area contributed by atoms with E-state index in [-0.39, 0.29) is 18.1 Å². The van der Waals surface area contributed by atoms with Crippen molar-refractivity contribution in [3.63, 3.8) is 0 Å². The summed E-state index contributed by atoms with van der Waals surface area (Å²) >= 11 is 0. The van der Waals surface area contributed by atoms with Crippen LogP contribution >= 0.6 is 0 Å². The Morgan fingerprint density at radius 1 is 1.24 bits per heavy atom. The third-order valence-electron chi connectivity index (χ3n) is 3.59. The van der Waals surface area contributed by atoms with Crippen molar-refractivity contribution >= 4 is 15.8 Å². The number of carbonyl (C=O) groups is 1. The Balaban J connectivity index is 2.40. The molecule has 0 amide bonds.